The van der Waals surface area contributed by atoms with Crippen molar-refractivity contribution in [2.75, 3.05) is 19.7 Å². The lowest BCUT2D eigenvalue weighted by molar-refractivity contribution is 0.104. The summed E-state index contributed by atoms with van der Waals surface area (Å²) in [4.78, 5) is 18.3. The lowest BCUT2D eigenvalue weighted by Crippen LogP contribution is -2.35. The zero-order valence-electron chi connectivity index (χ0n) is 13.8. The van der Waals surface area contributed by atoms with Gasteiger partial charge in [0.2, 0.25) is 0 Å². The molecule has 1 aromatic rings. The van der Waals surface area contributed by atoms with Gasteiger partial charge in [-0.2, -0.15) is 0 Å². The zero-order chi connectivity index (χ0) is 16.1. The van der Waals surface area contributed by atoms with E-state index in [1.807, 2.05) is 12.3 Å². The van der Waals surface area contributed by atoms with E-state index in [4.69, 9.17) is 4.74 Å². The SMILES string of the molecule is CCCCCOC(=O)N1CC=C(C2=CCc3ncccc32)CC1. The fraction of sp³-hybridized carbons (Fsp3) is 0.474. The number of hydrogen-bond acceptors (Lipinski definition) is 3. The molecule has 1 aromatic heterocycles. The number of ether oxygens (including phenoxy) is 1. The Morgan fingerprint density at radius 2 is 2.26 bits per heavy atom. The summed E-state index contributed by atoms with van der Waals surface area (Å²) in [6.07, 6.45) is 11.1. The van der Waals surface area contributed by atoms with Gasteiger partial charge < -0.3 is 9.64 Å². The molecule has 0 unspecified atom stereocenters. The van der Waals surface area contributed by atoms with Gasteiger partial charge in [0.25, 0.3) is 0 Å². The van der Waals surface area contributed by atoms with E-state index in [1.54, 1.807) is 4.90 Å². The van der Waals surface area contributed by atoms with Crippen LogP contribution >= 0.6 is 0 Å². The number of pyridine rings is 1. The highest BCUT2D eigenvalue weighted by Gasteiger charge is 2.23. The third-order valence-electron chi connectivity index (χ3n) is 4.47. The Balaban J connectivity index is 1.56. The van der Waals surface area contributed by atoms with E-state index in [-0.39, 0.29) is 6.09 Å². The van der Waals surface area contributed by atoms with Gasteiger partial charge in [-0.15, -0.1) is 0 Å². The molecule has 0 saturated heterocycles. The van der Waals surface area contributed by atoms with Crippen LogP contribution in [0.3, 0.4) is 0 Å². The van der Waals surface area contributed by atoms with Crippen LogP contribution in [0.4, 0.5) is 4.79 Å². The summed E-state index contributed by atoms with van der Waals surface area (Å²) in [5.41, 5.74) is 5.02. The zero-order valence-corrected chi connectivity index (χ0v) is 13.8. The molecule has 23 heavy (non-hydrogen) atoms. The third kappa shape index (κ3) is 3.63. The van der Waals surface area contributed by atoms with Crippen LogP contribution in [0, 0.1) is 0 Å². The molecule has 122 valence electrons. The molecule has 4 nitrogen and oxygen atoms in total. The van der Waals surface area contributed by atoms with Crippen LogP contribution < -0.4 is 0 Å². The number of amides is 1. The number of carbonyl (C=O) groups is 1. The van der Waals surface area contributed by atoms with E-state index in [1.165, 1.54) is 16.7 Å². The van der Waals surface area contributed by atoms with Gasteiger partial charge in [0.05, 0.1) is 12.3 Å². The number of nitrogens with zero attached hydrogens (tertiary/aromatic N) is 2. The monoisotopic (exact) mass is 312 g/mol. The molecule has 2 aliphatic rings. The van der Waals surface area contributed by atoms with E-state index < -0.39 is 0 Å². The van der Waals surface area contributed by atoms with E-state index >= 15 is 0 Å². The molecule has 0 N–H and O–H groups in total. The first-order chi connectivity index (χ1) is 11.3. The Labute approximate surface area is 137 Å². The van der Waals surface area contributed by atoms with E-state index in [0.717, 1.165) is 44.3 Å². The molecule has 0 saturated carbocycles. The Kier molecular flexibility index (Phi) is 5.11. The largest absolute Gasteiger partial charge is 0.449 e. The fourth-order valence-electron chi connectivity index (χ4n) is 3.14. The molecule has 0 spiro atoms. The maximum Gasteiger partial charge on any atom is 0.410 e. The van der Waals surface area contributed by atoms with Crippen molar-refractivity contribution in [2.45, 2.75) is 39.0 Å². The van der Waals surface area contributed by atoms with Crippen LogP contribution in [-0.4, -0.2) is 35.7 Å². The predicted molar refractivity (Wildman–Crippen MR) is 91.1 cm³/mol. The van der Waals surface area contributed by atoms with Crippen LogP contribution in [0.25, 0.3) is 5.57 Å². The molecule has 0 atom stereocenters. The van der Waals surface area contributed by atoms with Gasteiger partial charge in [-0.05, 0) is 30.1 Å². The Hall–Kier alpha value is -2.10. The Morgan fingerprint density at radius 3 is 3.04 bits per heavy atom. The summed E-state index contributed by atoms with van der Waals surface area (Å²) in [6.45, 7) is 4.04. The molecular formula is C19H24N2O2. The summed E-state index contributed by atoms with van der Waals surface area (Å²) in [5.74, 6) is 0. The van der Waals surface area contributed by atoms with Crippen LogP contribution in [0.1, 0.15) is 43.9 Å². The van der Waals surface area contributed by atoms with Crippen molar-refractivity contribution in [3.05, 3.63) is 47.3 Å². The van der Waals surface area contributed by atoms with Gasteiger partial charge in [-0.25, -0.2) is 4.79 Å². The van der Waals surface area contributed by atoms with Crippen LogP contribution in [0.2, 0.25) is 0 Å². The summed E-state index contributed by atoms with van der Waals surface area (Å²) >= 11 is 0. The first-order valence-corrected chi connectivity index (χ1v) is 8.55. The second kappa shape index (κ2) is 7.44. The van der Waals surface area contributed by atoms with Crippen LogP contribution in [0.15, 0.2) is 36.1 Å². The molecule has 2 heterocycles. The maximum absolute atomic E-state index is 12.0. The highest BCUT2D eigenvalue weighted by atomic mass is 16.6. The van der Waals surface area contributed by atoms with Gasteiger partial charge in [0, 0.05) is 31.3 Å². The lowest BCUT2D eigenvalue weighted by atomic mass is 9.96. The van der Waals surface area contributed by atoms with Crippen molar-refractivity contribution in [2.24, 2.45) is 0 Å². The van der Waals surface area contributed by atoms with Crippen molar-refractivity contribution < 1.29 is 9.53 Å². The third-order valence-corrected chi connectivity index (χ3v) is 4.47. The van der Waals surface area contributed by atoms with Crippen molar-refractivity contribution in [1.29, 1.82) is 0 Å². The standard InChI is InChI=1S/C19H24N2O2/c1-2-3-4-14-23-19(22)21-12-9-15(10-13-21)16-7-8-18-17(16)6-5-11-20-18/h5-7,9,11H,2-4,8,10,12-14H2,1H3. The summed E-state index contributed by atoms with van der Waals surface area (Å²) < 4.78 is 5.33. The molecule has 0 fully saturated rings. The number of unbranched alkanes of at least 4 members (excludes halogenated alkanes) is 2. The normalized spacial score (nSPS) is 16.7. The first-order valence-electron chi connectivity index (χ1n) is 8.55. The van der Waals surface area contributed by atoms with Gasteiger partial charge in [0.15, 0.2) is 0 Å². The Bertz CT molecular complexity index is 634. The molecule has 0 aromatic carbocycles. The summed E-state index contributed by atoms with van der Waals surface area (Å²) in [7, 11) is 0. The van der Waals surface area contributed by atoms with Crippen LogP contribution in [-0.2, 0) is 11.2 Å². The van der Waals surface area contributed by atoms with Gasteiger partial charge in [-0.1, -0.05) is 38.0 Å². The minimum atomic E-state index is -0.182. The average Bonchev–Trinajstić information content (AvgIpc) is 3.03. The molecule has 0 bridgehead atoms. The fourth-order valence-corrected chi connectivity index (χ4v) is 3.14. The van der Waals surface area contributed by atoms with Crippen molar-refractivity contribution in [3.8, 4) is 0 Å². The average molecular weight is 312 g/mol. The number of rotatable bonds is 5. The number of allylic oxidation sites excluding steroid dienone is 2. The molecule has 1 aliphatic carbocycles. The predicted octanol–water partition coefficient (Wildman–Crippen LogP) is 3.98. The highest BCUT2D eigenvalue weighted by molar-refractivity contribution is 5.83. The number of carbonyl (C=O) groups excluding carboxylic acids is 1. The maximum atomic E-state index is 12.0. The summed E-state index contributed by atoms with van der Waals surface area (Å²) in [6, 6.07) is 4.12. The lowest BCUT2D eigenvalue weighted by Gasteiger charge is -2.26. The molecule has 1 amide bonds. The molecule has 4 heteroatoms. The van der Waals surface area contributed by atoms with Crippen molar-refractivity contribution in [1.82, 2.24) is 9.88 Å². The van der Waals surface area contributed by atoms with Crippen LogP contribution in [0.5, 0.6) is 0 Å². The van der Waals surface area contributed by atoms with E-state index in [0.29, 0.717) is 13.2 Å². The second-order valence-corrected chi connectivity index (χ2v) is 6.07. The molecule has 0 radical (unpaired) electrons. The van der Waals surface area contributed by atoms with Gasteiger partial charge in [0.1, 0.15) is 0 Å². The quantitative estimate of drug-likeness (QED) is 0.772. The topological polar surface area (TPSA) is 42.4 Å². The number of fused-ring (bicyclic) bond motifs is 1. The Morgan fingerprint density at radius 1 is 1.35 bits per heavy atom. The second-order valence-electron chi connectivity index (χ2n) is 6.07. The minimum Gasteiger partial charge on any atom is -0.449 e. The first kappa shape index (κ1) is 15.8. The summed E-state index contributed by atoms with van der Waals surface area (Å²) in [5, 5.41) is 0. The smallest absolute Gasteiger partial charge is 0.410 e. The highest BCUT2D eigenvalue weighted by Crippen LogP contribution is 2.34. The number of aromatic nitrogens is 1. The van der Waals surface area contributed by atoms with E-state index in [2.05, 4.69) is 30.1 Å². The van der Waals surface area contributed by atoms with Crippen molar-refractivity contribution in [3.63, 3.8) is 0 Å². The van der Waals surface area contributed by atoms with E-state index in [9.17, 15) is 4.79 Å². The minimum absolute atomic E-state index is 0.182. The molecular weight excluding hydrogens is 288 g/mol. The molecule has 3 rings (SSSR count). The van der Waals surface area contributed by atoms with Gasteiger partial charge >= 0.3 is 6.09 Å². The number of hydrogen-bond donors (Lipinski definition) is 0. The van der Waals surface area contributed by atoms with Crippen molar-refractivity contribution >= 4 is 11.7 Å². The van der Waals surface area contributed by atoms with Gasteiger partial charge in [-0.3, -0.25) is 4.98 Å². The molecule has 1 aliphatic heterocycles.